The fourth-order valence-electron chi connectivity index (χ4n) is 4.31. The van der Waals surface area contributed by atoms with Gasteiger partial charge in [-0.15, -0.1) is 0 Å². The van der Waals surface area contributed by atoms with Crippen LogP contribution in [0.25, 0.3) is 0 Å². The highest BCUT2D eigenvalue weighted by atomic mass is 32.2. The zero-order chi connectivity index (χ0) is 31.5. The second-order valence-corrected chi connectivity index (χ2v) is 12.1. The molecule has 0 unspecified atom stereocenters. The summed E-state index contributed by atoms with van der Waals surface area (Å²) in [7, 11) is 2.48. The number of hydrogen-bond donors (Lipinski definition) is 4. The minimum absolute atomic E-state index is 0.0208. The number of anilines is 3. The number of methoxy groups -OCH3 is 1. The number of pyridine rings is 1. The van der Waals surface area contributed by atoms with Crippen LogP contribution in [0, 0.1) is 19.7 Å². The molecule has 1 aliphatic rings. The van der Waals surface area contributed by atoms with Crippen LogP contribution < -0.4 is 35.1 Å². The van der Waals surface area contributed by atoms with Crippen LogP contribution in [-0.4, -0.2) is 64.1 Å². The Morgan fingerprint density at radius 1 is 1.12 bits per heavy atom. The molecule has 43 heavy (non-hydrogen) atoms. The number of aromatic nitrogens is 1. The van der Waals surface area contributed by atoms with Gasteiger partial charge in [-0.3, -0.25) is 18.9 Å². The predicted molar refractivity (Wildman–Crippen MR) is 163 cm³/mol. The number of amides is 1. The summed E-state index contributed by atoms with van der Waals surface area (Å²) < 4.78 is 58.1. The minimum atomic E-state index is -3.97. The van der Waals surface area contributed by atoms with Crippen LogP contribution in [0.15, 0.2) is 41.2 Å². The standard InChI is InChI=1S/C29H37FN6O6S/c1-17-10-13-21(20(30)16-17)33-27-24(28(37)32-19-11-12-19)25(18(2)29(38)36(27)5)42-23-9-7-8-22(26(23)41-6)34-43(39,40)31-14-15-35(3)4/h7-10,13,16,19,31,33-34H,11-12,14-15H2,1-6H3,(H,32,37). The number of halogens is 1. The summed E-state index contributed by atoms with van der Waals surface area (Å²) >= 11 is 0. The van der Waals surface area contributed by atoms with Gasteiger partial charge in [-0.2, -0.15) is 13.1 Å². The van der Waals surface area contributed by atoms with Crippen molar-refractivity contribution in [2.75, 3.05) is 44.3 Å². The minimum Gasteiger partial charge on any atom is -0.491 e. The van der Waals surface area contributed by atoms with Crippen LogP contribution in [0.2, 0.25) is 0 Å². The molecule has 12 nitrogen and oxygen atoms in total. The van der Waals surface area contributed by atoms with E-state index in [0.717, 1.165) is 12.8 Å². The Labute approximate surface area is 250 Å². The van der Waals surface area contributed by atoms with E-state index >= 15 is 0 Å². The third-order valence-corrected chi connectivity index (χ3v) is 7.85. The number of ether oxygens (including phenoxy) is 2. The van der Waals surface area contributed by atoms with Crippen molar-refractivity contribution >= 4 is 33.3 Å². The maximum absolute atomic E-state index is 14.9. The fraction of sp³-hybridized carbons (Fsp3) is 0.379. The lowest BCUT2D eigenvalue weighted by molar-refractivity contribution is 0.0948. The average Bonchev–Trinajstić information content (AvgIpc) is 3.75. The molecule has 2 aromatic carbocycles. The molecule has 1 amide bonds. The van der Waals surface area contributed by atoms with Gasteiger partial charge in [0.2, 0.25) is 0 Å². The third kappa shape index (κ3) is 7.63. The number of benzene rings is 2. The molecule has 4 N–H and O–H groups in total. The van der Waals surface area contributed by atoms with Gasteiger partial charge in [0.05, 0.1) is 24.0 Å². The number of nitrogens with zero attached hydrogens (tertiary/aromatic N) is 2. The topological polar surface area (TPSA) is 143 Å². The van der Waals surface area contributed by atoms with Gasteiger partial charge in [0.25, 0.3) is 21.7 Å². The van der Waals surface area contributed by atoms with Crippen LogP contribution in [0.3, 0.4) is 0 Å². The predicted octanol–water partition coefficient (Wildman–Crippen LogP) is 3.39. The monoisotopic (exact) mass is 616 g/mol. The molecule has 0 saturated heterocycles. The van der Waals surface area contributed by atoms with Gasteiger partial charge in [0.15, 0.2) is 17.2 Å². The van der Waals surface area contributed by atoms with Crippen molar-refractivity contribution in [1.29, 1.82) is 0 Å². The Kier molecular flexibility index (Phi) is 9.62. The molecular weight excluding hydrogens is 579 g/mol. The number of carbonyl (C=O) groups is 1. The molecule has 232 valence electrons. The van der Waals surface area contributed by atoms with Crippen molar-refractivity contribution in [2.24, 2.45) is 7.05 Å². The Morgan fingerprint density at radius 3 is 2.47 bits per heavy atom. The number of likely N-dealkylation sites (N-methyl/N-ethyl adjacent to an activating group) is 1. The normalized spacial score (nSPS) is 13.1. The summed E-state index contributed by atoms with van der Waals surface area (Å²) in [5, 5.41) is 5.83. The van der Waals surface area contributed by atoms with E-state index < -0.39 is 27.5 Å². The molecule has 1 saturated carbocycles. The van der Waals surface area contributed by atoms with Crippen molar-refractivity contribution < 1.29 is 27.1 Å². The van der Waals surface area contributed by atoms with E-state index in [0.29, 0.717) is 12.1 Å². The van der Waals surface area contributed by atoms with Gasteiger partial charge in [-0.1, -0.05) is 12.1 Å². The first-order valence-corrected chi connectivity index (χ1v) is 15.1. The maximum atomic E-state index is 14.9. The Balaban J connectivity index is 1.80. The van der Waals surface area contributed by atoms with Gasteiger partial charge in [0.1, 0.15) is 17.2 Å². The summed E-state index contributed by atoms with van der Waals surface area (Å²) in [6.45, 7) is 3.91. The number of carbonyl (C=O) groups excluding carboxylic acids is 1. The van der Waals surface area contributed by atoms with E-state index in [1.54, 1.807) is 13.0 Å². The second kappa shape index (κ2) is 13.0. The summed E-state index contributed by atoms with van der Waals surface area (Å²) in [5.41, 5.74) is 0.428. The van der Waals surface area contributed by atoms with Crippen LogP contribution >= 0.6 is 0 Å². The zero-order valence-electron chi connectivity index (χ0n) is 25.0. The van der Waals surface area contributed by atoms with Gasteiger partial charge in [0, 0.05) is 26.2 Å². The number of hydrogen-bond acceptors (Lipinski definition) is 8. The summed E-state index contributed by atoms with van der Waals surface area (Å²) in [4.78, 5) is 28.9. The molecule has 0 radical (unpaired) electrons. The number of nitrogens with one attached hydrogen (secondary N) is 4. The number of para-hydroxylation sites is 1. The molecule has 0 bridgehead atoms. The molecule has 0 aliphatic heterocycles. The van der Waals surface area contributed by atoms with Gasteiger partial charge < -0.3 is 25.0 Å². The Morgan fingerprint density at radius 2 is 1.84 bits per heavy atom. The third-order valence-electron chi connectivity index (χ3n) is 6.77. The number of rotatable bonds is 13. The van der Waals surface area contributed by atoms with Crippen molar-refractivity contribution in [2.45, 2.75) is 32.7 Å². The van der Waals surface area contributed by atoms with E-state index in [9.17, 15) is 22.4 Å². The van der Waals surface area contributed by atoms with E-state index in [-0.39, 0.29) is 58.2 Å². The fourth-order valence-corrected chi connectivity index (χ4v) is 5.20. The highest BCUT2D eigenvalue weighted by Crippen LogP contribution is 2.41. The summed E-state index contributed by atoms with van der Waals surface area (Å²) in [6, 6.07) is 9.06. The molecule has 1 aliphatic carbocycles. The lowest BCUT2D eigenvalue weighted by Crippen LogP contribution is -2.35. The highest BCUT2D eigenvalue weighted by molar-refractivity contribution is 7.90. The summed E-state index contributed by atoms with van der Waals surface area (Å²) in [5.74, 6) is -1.09. The van der Waals surface area contributed by atoms with Gasteiger partial charge >= 0.3 is 0 Å². The first-order valence-electron chi connectivity index (χ1n) is 13.7. The average molecular weight is 617 g/mol. The lowest BCUT2D eigenvalue weighted by atomic mass is 10.1. The number of aryl methyl sites for hydroxylation is 1. The maximum Gasteiger partial charge on any atom is 0.299 e. The molecule has 0 atom stereocenters. The van der Waals surface area contributed by atoms with Crippen LogP contribution in [0.5, 0.6) is 17.2 Å². The second-order valence-electron chi connectivity index (χ2n) is 10.6. The summed E-state index contributed by atoms with van der Waals surface area (Å²) in [6.07, 6.45) is 1.61. The smallest absolute Gasteiger partial charge is 0.299 e. The first-order chi connectivity index (χ1) is 20.3. The molecule has 1 fully saturated rings. The molecule has 1 heterocycles. The van der Waals surface area contributed by atoms with Crippen molar-refractivity contribution in [3.05, 3.63) is 69.3 Å². The SMILES string of the molecule is COc1c(NS(=O)(=O)NCCN(C)C)cccc1Oc1c(C(=O)NC2CC2)c(Nc2ccc(C)cc2F)n(C)c(=O)c1C. The van der Waals surface area contributed by atoms with Gasteiger partial charge in [-0.05, 0) is 70.6 Å². The van der Waals surface area contributed by atoms with Crippen LogP contribution in [-0.2, 0) is 17.3 Å². The van der Waals surface area contributed by atoms with Crippen molar-refractivity contribution in [3.8, 4) is 17.2 Å². The molecular formula is C29H37FN6O6S. The molecule has 4 rings (SSSR count). The molecule has 3 aromatic rings. The van der Waals surface area contributed by atoms with E-state index in [1.165, 1.54) is 56.0 Å². The Hall–Kier alpha value is -4.14. The highest BCUT2D eigenvalue weighted by Gasteiger charge is 2.31. The van der Waals surface area contributed by atoms with Crippen LogP contribution in [0.1, 0.15) is 34.3 Å². The van der Waals surface area contributed by atoms with E-state index in [4.69, 9.17) is 9.47 Å². The lowest BCUT2D eigenvalue weighted by Gasteiger charge is -2.22. The largest absolute Gasteiger partial charge is 0.491 e. The van der Waals surface area contributed by atoms with Gasteiger partial charge in [-0.25, -0.2) is 4.39 Å². The molecule has 14 heteroatoms. The zero-order valence-corrected chi connectivity index (χ0v) is 25.8. The Bertz CT molecular complexity index is 1690. The van der Waals surface area contributed by atoms with Crippen molar-refractivity contribution in [3.63, 3.8) is 0 Å². The van der Waals surface area contributed by atoms with E-state index in [2.05, 4.69) is 20.1 Å². The first kappa shape index (κ1) is 31.8. The molecule has 0 spiro atoms. The quantitative estimate of drug-likeness (QED) is 0.229. The van der Waals surface area contributed by atoms with Crippen LogP contribution in [0.4, 0.5) is 21.6 Å². The molecule has 1 aromatic heterocycles. The van der Waals surface area contributed by atoms with Crippen molar-refractivity contribution in [1.82, 2.24) is 19.5 Å². The van der Waals surface area contributed by atoms with E-state index in [1.807, 2.05) is 19.0 Å².